The highest BCUT2D eigenvalue weighted by molar-refractivity contribution is 5.97. The minimum Gasteiger partial charge on any atom is -0.367 e. The lowest BCUT2D eigenvalue weighted by Crippen LogP contribution is -2.39. The zero-order chi connectivity index (χ0) is 17.4. The number of benzene rings is 1. The van der Waals surface area contributed by atoms with Crippen LogP contribution >= 0.6 is 0 Å². The molecule has 0 bridgehead atoms. The van der Waals surface area contributed by atoms with E-state index in [4.69, 9.17) is 0 Å². The summed E-state index contributed by atoms with van der Waals surface area (Å²) >= 11 is 0. The Morgan fingerprint density at radius 1 is 1.24 bits per heavy atom. The largest absolute Gasteiger partial charge is 0.367 e. The first-order chi connectivity index (χ1) is 12.1. The summed E-state index contributed by atoms with van der Waals surface area (Å²) in [5.74, 6) is 0.949. The van der Waals surface area contributed by atoms with Crippen LogP contribution in [0.15, 0.2) is 36.7 Å². The molecule has 0 unspecified atom stereocenters. The molecule has 25 heavy (non-hydrogen) atoms. The number of nitrogens with one attached hydrogen (secondary N) is 2. The summed E-state index contributed by atoms with van der Waals surface area (Å²) in [4.78, 5) is 22.4. The second-order valence-corrected chi connectivity index (χ2v) is 6.72. The highest BCUT2D eigenvalue weighted by Crippen LogP contribution is 2.29. The number of amides is 1. The lowest BCUT2D eigenvalue weighted by Gasteiger charge is -2.29. The van der Waals surface area contributed by atoms with Gasteiger partial charge in [-0.25, -0.2) is 4.98 Å². The van der Waals surface area contributed by atoms with Crippen LogP contribution in [-0.4, -0.2) is 29.0 Å². The van der Waals surface area contributed by atoms with Crippen molar-refractivity contribution in [3.05, 3.63) is 53.3 Å². The lowest BCUT2D eigenvalue weighted by molar-refractivity contribution is -0.118. The van der Waals surface area contributed by atoms with E-state index in [1.54, 1.807) is 0 Å². The molecule has 0 fully saturated rings. The predicted octanol–water partition coefficient (Wildman–Crippen LogP) is 3.57. The summed E-state index contributed by atoms with van der Waals surface area (Å²) in [6, 6.07) is 8.40. The molecule has 0 spiro atoms. The van der Waals surface area contributed by atoms with Gasteiger partial charge in [0.1, 0.15) is 5.82 Å². The van der Waals surface area contributed by atoms with Gasteiger partial charge in [0.05, 0.1) is 5.69 Å². The molecule has 1 aliphatic rings. The van der Waals surface area contributed by atoms with Crippen molar-refractivity contribution in [1.29, 1.82) is 0 Å². The first kappa shape index (κ1) is 15.7. The summed E-state index contributed by atoms with van der Waals surface area (Å²) in [5.41, 5.74) is 5.51. The van der Waals surface area contributed by atoms with Gasteiger partial charge in [-0.15, -0.1) is 0 Å². The van der Waals surface area contributed by atoms with Crippen LogP contribution in [0.4, 0.5) is 11.5 Å². The number of carbonyl (C=O) groups is 1. The Morgan fingerprint density at radius 2 is 2.12 bits per heavy atom. The van der Waals surface area contributed by atoms with Gasteiger partial charge in [-0.2, -0.15) is 0 Å². The van der Waals surface area contributed by atoms with E-state index in [1.165, 1.54) is 16.5 Å². The van der Waals surface area contributed by atoms with Crippen LogP contribution in [0, 0.1) is 13.8 Å². The highest BCUT2D eigenvalue weighted by atomic mass is 16.2. The third-order valence-electron chi connectivity index (χ3n) is 4.76. The summed E-state index contributed by atoms with van der Waals surface area (Å²) in [7, 11) is 0. The fraction of sp³-hybridized carbons (Fsp3) is 0.300. The SMILES string of the molecule is Cc1cnc2c(c1)N(C(=O)CCc1c[nH]c3ccc(C)cc13)CCN2. The van der Waals surface area contributed by atoms with E-state index >= 15 is 0 Å². The standard InChI is InChI=1S/C20H22N4O/c1-13-3-5-17-16(9-13)15(12-22-17)4-6-19(25)24-8-7-21-20-18(24)10-14(2)11-23-20/h3,5,9-12,22H,4,6-8H2,1-2H3,(H,21,23). The Kier molecular flexibility index (Phi) is 3.92. The fourth-order valence-corrected chi connectivity index (χ4v) is 3.44. The first-order valence-corrected chi connectivity index (χ1v) is 8.69. The van der Waals surface area contributed by atoms with Gasteiger partial charge in [0.25, 0.3) is 0 Å². The van der Waals surface area contributed by atoms with Crippen molar-refractivity contribution in [2.75, 3.05) is 23.3 Å². The van der Waals surface area contributed by atoms with E-state index in [0.717, 1.165) is 35.6 Å². The summed E-state index contributed by atoms with van der Waals surface area (Å²) in [5, 5.41) is 4.48. The molecule has 5 nitrogen and oxygen atoms in total. The molecule has 0 saturated carbocycles. The maximum absolute atomic E-state index is 12.8. The van der Waals surface area contributed by atoms with Crippen LogP contribution in [0.2, 0.25) is 0 Å². The Bertz CT molecular complexity index is 944. The number of hydrogen-bond donors (Lipinski definition) is 2. The van der Waals surface area contributed by atoms with Crippen LogP contribution in [0.3, 0.4) is 0 Å². The molecule has 1 aromatic carbocycles. The van der Waals surface area contributed by atoms with E-state index in [0.29, 0.717) is 13.0 Å². The second kappa shape index (κ2) is 6.24. The maximum Gasteiger partial charge on any atom is 0.227 e. The van der Waals surface area contributed by atoms with E-state index < -0.39 is 0 Å². The van der Waals surface area contributed by atoms with Crippen LogP contribution < -0.4 is 10.2 Å². The van der Waals surface area contributed by atoms with Crippen molar-refractivity contribution in [3.63, 3.8) is 0 Å². The van der Waals surface area contributed by atoms with Crippen molar-refractivity contribution in [3.8, 4) is 0 Å². The number of H-pyrrole nitrogens is 1. The minimum absolute atomic E-state index is 0.150. The molecular weight excluding hydrogens is 312 g/mol. The lowest BCUT2D eigenvalue weighted by atomic mass is 10.1. The average Bonchev–Trinajstić information content (AvgIpc) is 3.01. The van der Waals surface area contributed by atoms with Gasteiger partial charge in [-0.1, -0.05) is 11.6 Å². The van der Waals surface area contributed by atoms with E-state index in [1.807, 2.05) is 30.3 Å². The van der Waals surface area contributed by atoms with Crippen molar-refractivity contribution in [2.24, 2.45) is 0 Å². The number of aromatic amines is 1. The Hall–Kier alpha value is -2.82. The highest BCUT2D eigenvalue weighted by Gasteiger charge is 2.23. The van der Waals surface area contributed by atoms with Gasteiger partial charge in [0.15, 0.2) is 0 Å². The number of aryl methyl sites for hydroxylation is 3. The molecule has 2 aromatic heterocycles. The summed E-state index contributed by atoms with van der Waals surface area (Å²) < 4.78 is 0. The molecule has 1 amide bonds. The Morgan fingerprint density at radius 3 is 3.00 bits per heavy atom. The zero-order valence-electron chi connectivity index (χ0n) is 14.6. The van der Waals surface area contributed by atoms with E-state index in [2.05, 4.69) is 40.4 Å². The molecule has 0 aliphatic carbocycles. The molecule has 2 N–H and O–H groups in total. The predicted molar refractivity (Wildman–Crippen MR) is 101 cm³/mol. The molecule has 3 aromatic rings. The van der Waals surface area contributed by atoms with Crippen molar-refractivity contribution >= 4 is 28.3 Å². The summed E-state index contributed by atoms with van der Waals surface area (Å²) in [6.07, 6.45) is 5.08. The molecule has 0 atom stereocenters. The maximum atomic E-state index is 12.8. The number of carbonyl (C=O) groups excluding carboxylic acids is 1. The second-order valence-electron chi connectivity index (χ2n) is 6.72. The number of hydrogen-bond acceptors (Lipinski definition) is 3. The molecule has 5 heteroatoms. The summed E-state index contributed by atoms with van der Waals surface area (Å²) in [6.45, 7) is 5.51. The third kappa shape index (κ3) is 2.97. The minimum atomic E-state index is 0.150. The van der Waals surface area contributed by atoms with Gasteiger partial charge in [-0.3, -0.25) is 4.79 Å². The normalized spacial score (nSPS) is 13.6. The Balaban J connectivity index is 1.53. The van der Waals surface area contributed by atoms with Crippen LogP contribution in [0.5, 0.6) is 0 Å². The number of aromatic nitrogens is 2. The van der Waals surface area contributed by atoms with Crippen molar-refractivity contribution in [2.45, 2.75) is 26.7 Å². The number of rotatable bonds is 3. The van der Waals surface area contributed by atoms with Gasteiger partial charge < -0.3 is 15.2 Å². The number of pyridine rings is 1. The molecule has 0 radical (unpaired) electrons. The van der Waals surface area contributed by atoms with E-state index in [-0.39, 0.29) is 5.91 Å². The van der Waals surface area contributed by atoms with Gasteiger partial charge in [-0.05, 0) is 49.6 Å². The Labute approximate surface area is 147 Å². The quantitative estimate of drug-likeness (QED) is 0.770. The van der Waals surface area contributed by atoms with E-state index in [9.17, 15) is 4.79 Å². The molecule has 128 valence electrons. The van der Waals surface area contributed by atoms with Crippen LogP contribution in [0.1, 0.15) is 23.1 Å². The van der Waals surface area contributed by atoms with Crippen molar-refractivity contribution in [1.82, 2.24) is 9.97 Å². The number of anilines is 2. The number of fused-ring (bicyclic) bond motifs is 2. The topological polar surface area (TPSA) is 61.0 Å². The van der Waals surface area contributed by atoms with Gasteiger partial charge in [0.2, 0.25) is 5.91 Å². The zero-order valence-corrected chi connectivity index (χ0v) is 14.6. The molecule has 4 rings (SSSR count). The van der Waals surface area contributed by atoms with Gasteiger partial charge in [0, 0.05) is 42.8 Å². The molecule has 3 heterocycles. The monoisotopic (exact) mass is 334 g/mol. The first-order valence-electron chi connectivity index (χ1n) is 8.69. The van der Waals surface area contributed by atoms with Crippen molar-refractivity contribution < 1.29 is 4.79 Å². The third-order valence-corrected chi connectivity index (χ3v) is 4.76. The number of nitrogens with zero attached hydrogens (tertiary/aromatic N) is 2. The smallest absolute Gasteiger partial charge is 0.227 e. The molecule has 0 saturated heterocycles. The molecule has 1 aliphatic heterocycles. The van der Waals surface area contributed by atoms with Crippen LogP contribution in [-0.2, 0) is 11.2 Å². The van der Waals surface area contributed by atoms with Crippen LogP contribution in [0.25, 0.3) is 10.9 Å². The van der Waals surface area contributed by atoms with Gasteiger partial charge >= 0.3 is 0 Å². The fourth-order valence-electron chi connectivity index (χ4n) is 3.44. The molecular formula is C20H22N4O. The average molecular weight is 334 g/mol.